The van der Waals surface area contributed by atoms with Crippen LogP contribution in [0.2, 0.25) is 0 Å². The van der Waals surface area contributed by atoms with Crippen molar-refractivity contribution < 1.29 is 0 Å². The van der Waals surface area contributed by atoms with Crippen molar-refractivity contribution in [3.63, 3.8) is 0 Å². The maximum absolute atomic E-state index is 3.70. The first-order valence-corrected chi connectivity index (χ1v) is 9.55. The minimum Gasteiger partial charge on any atom is -0.310 e. The summed E-state index contributed by atoms with van der Waals surface area (Å²) < 4.78 is 0. The van der Waals surface area contributed by atoms with Crippen LogP contribution < -0.4 is 5.32 Å². The number of hydrogen-bond acceptors (Lipinski definition) is 1. The summed E-state index contributed by atoms with van der Waals surface area (Å²) in [5.74, 6) is 2.89. The summed E-state index contributed by atoms with van der Waals surface area (Å²) in [7, 11) is 3.41. The van der Waals surface area contributed by atoms with Crippen molar-refractivity contribution in [1.29, 1.82) is 0 Å². The Morgan fingerprint density at radius 2 is 2.09 bits per heavy atom. The molecule has 1 aliphatic carbocycles. The van der Waals surface area contributed by atoms with Gasteiger partial charge in [0, 0.05) is 6.04 Å². The summed E-state index contributed by atoms with van der Waals surface area (Å²) in [5.41, 5.74) is 2.97. The Hall–Kier alpha value is -0.650. The highest BCUT2D eigenvalue weighted by Crippen LogP contribution is 2.23. The first-order valence-electron chi connectivity index (χ1n) is 8.97. The lowest BCUT2D eigenvalue weighted by molar-refractivity contribution is 0.455. The highest BCUT2D eigenvalue weighted by atomic mass is 31.0. The lowest BCUT2D eigenvalue weighted by Crippen LogP contribution is -2.29. The summed E-state index contributed by atoms with van der Waals surface area (Å²) in [4.78, 5) is 0. The second-order valence-corrected chi connectivity index (χ2v) is 6.89. The Balaban J connectivity index is 2.40. The molecule has 1 nitrogen and oxygen atoms in total. The van der Waals surface area contributed by atoms with E-state index in [2.05, 4.69) is 65.1 Å². The van der Waals surface area contributed by atoms with E-state index in [1.807, 2.05) is 0 Å². The smallest absolute Gasteiger partial charge is 0.0294 e. The van der Waals surface area contributed by atoms with Gasteiger partial charge in [0.1, 0.15) is 0 Å². The molecule has 1 N–H and O–H groups in total. The zero-order chi connectivity index (χ0) is 16.2. The summed E-state index contributed by atoms with van der Waals surface area (Å²) in [5, 5.41) is 3.70. The van der Waals surface area contributed by atoms with Crippen LogP contribution in [0.15, 0.2) is 35.5 Å². The van der Waals surface area contributed by atoms with Crippen LogP contribution in [0.1, 0.15) is 65.7 Å². The van der Waals surface area contributed by atoms with E-state index in [1.165, 1.54) is 36.8 Å². The first-order chi connectivity index (χ1) is 10.7. The monoisotopic (exact) mass is 319 g/mol. The van der Waals surface area contributed by atoms with Crippen LogP contribution in [0.3, 0.4) is 0 Å². The van der Waals surface area contributed by atoms with Gasteiger partial charge in [0.05, 0.1) is 0 Å². The molecule has 0 aromatic rings. The van der Waals surface area contributed by atoms with Crippen molar-refractivity contribution in [3.05, 3.63) is 35.5 Å². The van der Waals surface area contributed by atoms with Gasteiger partial charge in [-0.15, -0.1) is 8.86 Å². The van der Waals surface area contributed by atoms with E-state index >= 15 is 0 Å². The lowest BCUT2D eigenvalue weighted by atomic mass is 10.0. The van der Waals surface area contributed by atoms with E-state index < -0.39 is 0 Å². The fourth-order valence-electron chi connectivity index (χ4n) is 2.98. The van der Waals surface area contributed by atoms with Crippen molar-refractivity contribution in [1.82, 2.24) is 5.32 Å². The van der Waals surface area contributed by atoms with Gasteiger partial charge in [0.2, 0.25) is 0 Å². The third kappa shape index (κ3) is 7.56. The second-order valence-electron chi connectivity index (χ2n) is 6.48. The van der Waals surface area contributed by atoms with Crippen LogP contribution in [0.4, 0.5) is 0 Å². The molecule has 0 saturated carbocycles. The van der Waals surface area contributed by atoms with Gasteiger partial charge in [0.15, 0.2) is 0 Å². The molecule has 0 bridgehead atoms. The Morgan fingerprint density at radius 1 is 1.27 bits per heavy atom. The summed E-state index contributed by atoms with van der Waals surface area (Å²) in [6.07, 6.45) is 17.8. The Morgan fingerprint density at radius 3 is 2.82 bits per heavy atom. The number of rotatable bonds is 12. The highest BCUT2D eigenvalue weighted by Gasteiger charge is 2.13. The van der Waals surface area contributed by atoms with Gasteiger partial charge in [-0.2, -0.15) is 0 Å². The lowest BCUT2D eigenvalue weighted by Gasteiger charge is -2.17. The van der Waals surface area contributed by atoms with E-state index in [4.69, 9.17) is 0 Å². The third-order valence-electron chi connectivity index (χ3n) is 4.38. The standard InChI is InChI=1S/C20H34NP/c1-4-10-17(2)14-15-21-18(3)20-13-9-12-19(20)11-7-5-6-8-16-22/h7,9,11,13,16-18,21-22H,4-6,8,10,12,14-15H2,1-3H3/b11-7-. The van der Waals surface area contributed by atoms with E-state index in [1.54, 1.807) is 0 Å². The SMILES string of the molecule is CCCC(C)CCNC(C)C1=C(/C=C\CCCC=P)CC=C1. The van der Waals surface area contributed by atoms with Gasteiger partial charge >= 0.3 is 0 Å². The zero-order valence-corrected chi connectivity index (χ0v) is 15.7. The molecule has 0 aromatic heterocycles. The average Bonchev–Trinajstić information content (AvgIpc) is 2.96. The molecular weight excluding hydrogens is 285 g/mol. The van der Waals surface area contributed by atoms with Crippen LogP contribution in [0, 0.1) is 5.92 Å². The predicted octanol–water partition coefficient (Wildman–Crippen LogP) is 5.72. The van der Waals surface area contributed by atoms with Gasteiger partial charge < -0.3 is 5.32 Å². The normalized spacial score (nSPS) is 17.4. The third-order valence-corrected chi connectivity index (χ3v) is 4.67. The van der Waals surface area contributed by atoms with Crippen LogP contribution in [-0.4, -0.2) is 18.4 Å². The minimum absolute atomic E-state index is 0.461. The molecule has 2 atom stereocenters. The van der Waals surface area contributed by atoms with E-state index in [9.17, 15) is 0 Å². The Bertz CT molecular complexity index is 406. The molecule has 0 spiro atoms. The molecule has 1 rings (SSSR count). The Labute approximate surface area is 140 Å². The molecule has 2 unspecified atom stereocenters. The molecule has 22 heavy (non-hydrogen) atoms. The van der Waals surface area contributed by atoms with Crippen molar-refractivity contribution in [2.24, 2.45) is 5.92 Å². The molecular formula is C20H34NP. The largest absolute Gasteiger partial charge is 0.310 e. The van der Waals surface area contributed by atoms with Crippen molar-refractivity contribution in [2.45, 2.75) is 71.8 Å². The molecule has 0 aromatic carbocycles. The molecule has 0 fully saturated rings. The molecule has 0 heterocycles. The summed E-state index contributed by atoms with van der Waals surface area (Å²) in [6.45, 7) is 8.05. The number of allylic oxidation sites excluding steroid dienone is 4. The first kappa shape index (κ1) is 19.4. The van der Waals surface area contributed by atoms with E-state index in [-0.39, 0.29) is 0 Å². The van der Waals surface area contributed by atoms with Crippen LogP contribution in [0.5, 0.6) is 0 Å². The van der Waals surface area contributed by atoms with Crippen LogP contribution in [0.25, 0.3) is 0 Å². The number of unbranched alkanes of at least 4 members (excludes halogenated alkanes) is 2. The van der Waals surface area contributed by atoms with E-state index in [0.29, 0.717) is 6.04 Å². The van der Waals surface area contributed by atoms with Crippen LogP contribution in [-0.2, 0) is 0 Å². The molecule has 0 radical (unpaired) electrons. The topological polar surface area (TPSA) is 12.0 Å². The molecule has 0 saturated heterocycles. The van der Waals surface area contributed by atoms with Crippen molar-refractivity contribution >= 4 is 14.7 Å². The minimum atomic E-state index is 0.461. The summed E-state index contributed by atoms with van der Waals surface area (Å²) >= 11 is 0. The molecule has 0 aliphatic heterocycles. The molecule has 2 heteroatoms. The molecule has 124 valence electrons. The van der Waals surface area contributed by atoms with Crippen LogP contribution >= 0.6 is 8.86 Å². The highest BCUT2D eigenvalue weighted by molar-refractivity contribution is 7.18. The predicted molar refractivity (Wildman–Crippen MR) is 104 cm³/mol. The Kier molecular flexibility index (Phi) is 10.5. The molecule has 0 amide bonds. The van der Waals surface area contributed by atoms with Gasteiger partial charge in [-0.05, 0) is 62.6 Å². The van der Waals surface area contributed by atoms with Gasteiger partial charge in [-0.3, -0.25) is 0 Å². The maximum Gasteiger partial charge on any atom is 0.0294 e. The quantitative estimate of drug-likeness (QED) is 0.358. The fourth-order valence-corrected chi connectivity index (χ4v) is 3.19. The van der Waals surface area contributed by atoms with Crippen molar-refractivity contribution in [2.75, 3.05) is 6.54 Å². The number of hydrogen-bond donors (Lipinski definition) is 1. The second kappa shape index (κ2) is 11.9. The number of nitrogens with one attached hydrogen (secondary N) is 1. The fraction of sp³-hybridized carbons (Fsp3) is 0.650. The summed E-state index contributed by atoms with van der Waals surface area (Å²) in [6, 6.07) is 0.461. The van der Waals surface area contributed by atoms with E-state index in [0.717, 1.165) is 31.7 Å². The van der Waals surface area contributed by atoms with Crippen molar-refractivity contribution in [3.8, 4) is 0 Å². The van der Waals surface area contributed by atoms with Gasteiger partial charge in [-0.25, -0.2) is 0 Å². The van der Waals surface area contributed by atoms with Gasteiger partial charge in [0.25, 0.3) is 0 Å². The molecule has 1 aliphatic rings. The average molecular weight is 319 g/mol. The zero-order valence-electron chi connectivity index (χ0n) is 14.7. The maximum atomic E-state index is 3.70. The van der Waals surface area contributed by atoms with Gasteiger partial charge in [-0.1, -0.05) is 56.8 Å².